The van der Waals surface area contributed by atoms with Crippen molar-refractivity contribution in [2.24, 2.45) is 13.0 Å². The fraction of sp³-hybridized carbons (Fsp3) is 0.545. The van der Waals surface area contributed by atoms with Crippen LogP contribution in [0.1, 0.15) is 17.4 Å². The third-order valence-corrected chi connectivity index (χ3v) is 2.54. The molecule has 0 aliphatic rings. The van der Waals surface area contributed by atoms with Crippen LogP contribution in [0.25, 0.3) is 0 Å². The maximum absolute atomic E-state index is 12.0. The van der Waals surface area contributed by atoms with E-state index in [2.05, 4.69) is 9.84 Å². The van der Waals surface area contributed by atoms with Gasteiger partial charge in [-0.15, -0.1) is 0 Å². The van der Waals surface area contributed by atoms with E-state index in [4.69, 9.17) is 0 Å². The van der Waals surface area contributed by atoms with Gasteiger partial charge in [0.15, 0.2) is 0 Å². The van der Waals surface area contributed by atoms with Gasteiger partial charge in [-0.2, -0.15) is 5.10 Å². The van der Waals surface area contributed by atoms with Gasteiger partial charge >= 0.3 is 5.97 Å². The lowest BCUT2D eigenvalue weighted by Crippen LogP contribution is -2.35. The minimum atomic E-state index is -0.345. The van der Waals surface area contributed by atoms with Gasteiger partial charge in [-0.3, -0.25) is 14.3 Å². The largest absolute Gasteiger partial charge is 0.469 e. The molecule has 0 N–H and O–H groups in total. The summed E-state index contributed by atoms with van der Waals surface area (Å²) in [5.41, 5.74) is 0.490. The predicted molar refractivity (Wildman–Crippen MR) is 61.3 cm³/mol. The van der Waals surface area contributed by atoms with Crippen LogP contribution in [0.15, 0.2) is 12.3 Å². The molecule has 0 fully saturated rings. The first-order chi connectivity index (χ1) is 7.97. The maximum atomic E-state index is 12.0. The highest BCUT2D eigenvalue weighted by Gasteiger charge is 2.21. The summed E-state index contributed by atoms with van der Waals surface area (Å²) in [5, 5.41) is 3.93. The molecule has 1 unspecified atom stereocenters. The molecule has 0 saturated heterocycles. The molecule has 1 rings (SSSR count). The summed E-state index contributed by atoms with van der Waals surface area (Å²) in [6.07, 6.45) is 1.56. The van der Waals surface area contributed by atoms with Crippen LogP contribution >= 0.6 is 0 Å². The van der Waals surface area contributed by atoms with Gasteiger partial charge in [0.1, 0.15) is 5.69 Å². The zero-order valence-electron chi connectivity index (χ0n) is 10.5. The van der Waals surface area contributed by atoms with Crippen LogP contribution < -0.4 is 0 Å². The highest BCUT2D eigenvalue weighted by molar-refractivity contribution is 5.92. The fourth-order valence-corrected chi connectivity index (χ4v) is 1.55. The Hall–Kier alpha value is -1.85. The molecule has 1 aromatic rings. The molecule has 0 radical (unpaired) electrons. The molecule has 1 atom stereocenters. The molecule has 0 spiro atoms. The zero-order valence-corrected chi connectivity index (χ0v) is 10.5. The lowest BCUT2D eigenvalue weighted by atomic mass is 10.1. The second-order valence-electron chi connectivity index (χ2n) is 3.95. The van der Waals surface area contributed by atoms with Crippen molar-refractivity contribution in [2.45, 2.75) is 6.92 Å². The molecular formula is C11H17N3O3. The van der Waals surface area contributed by atoms with E-state index in [1.165, 1.54) is 16.7 Å². The Labute approximate surface area is 100 Å². The Bertz CT molecular complexity index is 414. The Balaban J connectivity index is 2.65. The van der Waals surface area contributed by atoms with Crippen molar-refractivity contribution < 1.29 is 14.3 Å². The first-order valence-electron chi connectivity index (χ1n) is 5.28. The number of amides is 1. The number of hydrogen-bond acceptors (Lipinski definition) is 4. The number of ether oxygens (including phenoxy) is 1. The summed E-state index contributed by atoms with van der Waals surface area (Å²) in [7, 11) is 4.68. The van der Waals surface area contributed by atoms with E-state index in [1.807, 2.05) is 0 Å². The molecule has 0 saturated carbocycles. The van der Waals surface area contributed by atoms with E-state index in [0.29, 0.717) is 12.2 Å². The van der Waals surface area contributed by atoms with Gasteiger partial charge in [-0.1, -0.05) is 6.92 Å². The average Bonchev–Trinajstić information content (AvgIpc) is 2.73. The van der Waals surface area contributed by atoms with E-state index in [0.717, 1.165) is 0 Å². The lowest BCUT2D eigenvalue weighted by Gasteiger charge is -2.20. The highest BCUT2D eigenvalue weighted by Crippen LogP contribution is 2.06. The van der Waals surface area contributed by atoms with Gasteiger partial charge in [0, 0.05) is 26.8 Å². The van der Waals surface area contributed by atoms with Gasteiger partial charge in [-0.05, 0) is 6.07 Å². The molecule has 0 bridgehead atoms. The number of hydrogen-bond donors (Lipinski definition) is 0. The van der Waals surface area contributed by atoms with Crippen molar-refractivity contribution >= 4 is 11.9 Å². The molecule has 94 valence electrons. The van der Waals surface area contributed by atoms with Crippen molar-refractivity contribution in [2.75, 3.05) is 20.7 Å². The molecule has 6 nitrogen and oxygen atoms in total. The van der Waals surface area contributed by atoms with Crippen LogP contribution in [-0.2, 0) is 16.6 Å². The summed E-state index contributed by atoms with van der Waals surface area (Å²) in [6.45, 7) is 2.04. The topological polar surface area (TPSA) is 64.4 Å². The lowest BCUT2D eigenvalue weighted by molar-refractivity contribution is -0.145. The quantitative estimate of drug-likeness (QED) is 0.709. The smallest absolute Gasteiger partial charge is 0.310 e. The Morgan fingerprint density at radius 1 is 1.59 bits per heavy atom. The monoisotopic (exact) mass is 239 g/mol. The molecule has 0 aromatic carbocycles. The number of esters is 1. The number of carbonyl (C=O) groups excluding carboxylic acids is 2. The number of methoxy groups -OCH3 is 1. The molecule has 6 heteroatoms. The first kappa shape index (κ1) is 13.2. The third kappa shape index (κ3) is 3.05. The van der Waals surface area contributed by atoms with Gasteiger partial charge < -0.3 is 9.64 Å². The number of carbonyl (C=O) groups is 2. The maximum Gasteiger partial charge on any atom is 0.310 e. The van der Waals surface area contributed by atoms with Crippen molar-refractivity contribution in [1.82, 2.24) is 14.7 Å². The van der Waals surface area contributed by atoms with E-state index in [1.54, 1.807) is 33.3 Å². The van der Waals surface area contributed by atoms with Crippen LogP contribution in [0.2, 0.25) is 0 Å². The minimum absolute atomic E-state index is 0.166. The Morgan fingerprint density at radius 2 is 2.24 bits per heavy atom. The van der Waals surface area contributed by atoms with Gasteiger partial charge in [0.05, 0.1) is 13.0 Å². The summed E-state index contributed by atoms with van der Waals surface area (Å²) in [4.78, 5) is 24.7. The van der Waals surface area contributed by atoms with E-state index >= 15 is 0 Å². The number of rotatable bonds is 4. The summed E-state index contributed by atoms with van der Waals surface area (Å²) in [6, 6.07) is 1.64. The zero-order chi connectivity index (χ0) is 13.0. The molecule has 17 heavy (non-hydrogen) atoms. The van der Waals surface area contributed by atoms with Crippen LogP contribution in [0.5, 0.6) is 0 Å². The normalized spacial score (nSPS) is 12.0. The molecule has 1 amide bonds. The van der Waals surface area contributed by atoms with E-state index in [9.17, 15) is 9.59 Å². The predicted octanol–water partition coefficient (Wildman–Crippen LogP) is 0.301. The van der Waals surface area contributed by atoms with E-state index < -0.39 is 0 Å². The summed E-state index contributed by atoms with van der Waals surface area (Å²) >= 11 is 0. The van der Waals surface area contributed by atoms with Gasteiger partial charge in [0.25, 0.3) is 5.91 Å². The van der Waals surface area contributed by atoms with Crippen LogP contribution in [0.3, 0.4) is 0 Å². The van der Waals surface area contributed by atoms with Crippen LogP contribution in [0.4, 0.5) is 0 Å². The number of nitrogens with zero attached hydrogens (tertiary/aromatic N) is 3. The molecule has 0 aliphatic carbocycles. The Kier molecular flexibility index (Phi) is 4.25. The highest BCUT2D eigenvalue weighted by atomic mass is 16.5. The number of aromatic nitrogens is 2. The standard InChI is InChI=1S/C11H17N3O3/c1-8(11(16)17-4)7-13(2)10(15)9-5-6-12-14(9)3/h5-6,8H,7H2,1-4H3. The van der Waals surface area contributed by atoms with Gasteiger partial charge in [0.2, 0.25) is 0 Å². The molecule has 1 heterocycles. The molecule has 0 aliphatic heterocycles. The van der Waals surface area contributed by atoms with Crippen molar-refractivity contribution in [3.8, 4) is 0 Å². The second-order valence-corrected chi connectivity index (χ2v) is 3.95. The van der Waals surface area contributed by atoms with Crippen LogP contribution in [0, 0.1) is 5.92 Å². The SMILES string of the molecule is COC(=O)C(C)CN(C)C(=O)c1ccnn1C. The van der Waals surface area contributed by atoms with Gasteiger partial charge in [-0.25, -0.2) is 0 Å². The minimum Gasteiger partial charge on any atom is -0.469 e. The van der Waals surface area contributed by atoms with E-state index in [-0.39, 0.29) is 17.8 Å². The Morgan fingerprint density at radius 3 is 2.71 bits per heavy atom. The molecule has 1 aromatic heterocycles. The van der Waals surface area contributed by atoms with Crippen LogP contribution in [-0.4, -0.2) is 47.3 Å². The van der Waals surface area contributed by atoms with Crippen molar-refractivity contribution in [3.05, 3.63) is 18.0 Å². The number of aryl methyl sites for hydroxylation is 1. The summed E-state index contributed by atoms with van der Waals surface area (Å²) in [5.74, 6) is -0.836. The second kappa shape index (κ2) is 5.47. The third-order valence-electron chi connectivity index (χ3n) is 2.54. The summed E-state index contributed by atoms with van der Waals surface area (Å²) < 4.78 is 6.11. The van der Waals surface area contributed by atoms with Crippen molar-refractivity contribution in [1.29, 1.82) is 0 Å². The van der Waals surface area contributed by atoms with Crippen molar-refractivity contribution in [3.63, 3.8) is 0 Å². The average molecular weight is 239 g/mol. The fourth-order valence-electron chi connectivity index (χ4n) is 1.55. The first-order valence-corrected chi connectivity index (χ1v) is 5.28. The molecular weight excluding hydrogens is 222 g/mol.